The molecule has 0 atom stereocenters. The molecule has 0 aliphatic rings. The number of aromatic nitrogens is 4. The fourth-order valence-corrected chi connectivity index (χ4v) is 2.80. The Morgan fingerprint density at radius 2 is 2.07 bits per heavy atom. The van der Waals surface area contributed by atoms with Gasteiger partial charge in [-0.3, -0.25) is 14.2 Å². The van der Waals surface area contributed by atoms with Gasteiger partial charge in [-0.05, 0) is 35.9 Å². The molecule has 7 nitrogen and oxygen atoms in total. The van der Waals surface area contributed by atoms with Crippen LogP contribution >= 0.6 is 0 Å². The predicted molar refractivity (Wildman–Crippen MR) is 97.1 cm³/mol. The Labute approximate surface area is 152 Å². The lowest BCUT2D eigenvalue weighted by Gasteiger charge is -2.09. The van der Waals surface area contributed by atoms with E-state index < -0.39 is 17.3 Å². The van der Waals surface area contributed by atoms with E-state index in [1.807, 2.05) is 6.07 Å². The van der Waals surface area contributed by atoms with Crippen LogP contribution in [-0.4, -0.2) is 25.4 Å². The van der Waals surface area contributed by atoms with Gasteiger partial charge in [0.25, 0.3) is 5.91 Å². The van der Waals surface area contributed by atoms with Crippen molar-refractivity contribution >= 4 is 16.8 Å². The number of carbonyl (C=O) groups excluding carboxylic acids is 1. The molecule has 0 bridgehead atoms. The van der Waals surface area contributed by atoms with Gasteiger partial charge in [0.05, 0.1) is 11.1 Å². The number of hydrogen-bond donors (Lipinski definition) is 2. The van der Waals surface area contributed by atoms with Crippen LogP contribution < -0.4 is 10.9 Å². The van der Waals surface area contributed by atoms with Crippen LogP contribution in [0.15, 0.2) is 66.1 Å². The van der Waals surface area contributed by atoms with Crippen LogP contribution in [0.5, 0.6) is 0 Å². The summed E-state index contributed by atoms with van der Waals surface area (Å²) >= 11 is 0. The molecule has 4 rings (SSSR count). The van der Waals surface area contributed by atoms with E-state index in [2.05, 4.69) is 20.3 Å². The highest BCUT2D eigenvalue weighted by Crippen LogP contribution is 2.16. The van der Waals surface area contributed by atoms with Gasteiger partial charge in [0, 0.05) is 36.6 Å². The number of benzene rings is 1. The second-order valence-electron chi connectivity index (χ2n) is 5.91. The predicted octanol–water partition coefficient (Wildman–Crippen LogP) is 2.18. The molecule has 0 aliphatic heterocycles. The van der Waals surface area contributed by atoms with Gasteiger partial charge in [-0.1, -0.05) is 0 Å². The highest BCUT2D eigenvalue weighted by atomic mass is 19.1. The van der Waals surface area contributed by atoms with Crippen molar-refractivity contribution in [2.24, 2.45) is 0 Å². The molecule has 27 heavy (non-hydrogen) atoms. The zero-order chi connectivity index (χ0) is 18.8. The Balaban J connectivity index is 1.58. The number of H-pyrrole nitrogens is 1. The number of aromatic amines is 1. The Bertz CT molecular complexity index is 1180. The van der Waals surface area contributed by atoms with E-state index in [4.69, 9.17) is 0 Å². The molecule has 2 N–H and O–H groups in total. The molecule has 0 saturated carbocycles. The van der Waals surface area contributed by atoms with E-state index in [0.717, 1.165) is 5.56 Å². The molecule has 4 aromatic rings. The topological polar surface area (TPSA) is 92.7 Å². The summed E-state index contributed by atoms with van der Waals surface area (Å²) in [5.41, 5.74) is 0.836. The van der Waals surface area contributed by atoms with Crippen LogP contribution in [0.4, 0.5) is 4.39 Å². The van der Waals surface area contributed by atoms with Gasteiger partial charge in [-0.15, -0.1) is 0 Å². The average Bonchev–Trinajstić information content (AvgIpc) is 3.20. The normalized spacial score (nSPS) is 10.9. The Hall–Kier alpha value is -3.81. The van der Waals surface area contributed by atoms with Crippen molar-refractivity contribution in [2.45, 2.75) is 6.54 Å². The fraction of sp³-hybridized carbons (Fsp3) is 0.0526. The third-order valence-corrected chi connectivity index (χ3v) is 4.08. The first-order chi connectivity index (χ1) is 13.1. The van der Waals surface area contributed by atoms with E-state index in [1.165, 1.54) is 24.3 Å². The number of halogens is 1. The zero-order valence-electron chi connectivity index (χ0n) is 14.0. The molecule has 0 aliphatic carbocycles. The fourth-order valence-electron chi connectivity index (χ4n) is 2.80. The van der Waals surface area contributed by atoms with Gasteiger partial charge in [-0.2, -0.15) is 0 Å². The summed E-state index contributed by atoms with van der Waals surface area (Å²) in [6.07, 6.45) is 6.69. The lowest BCUT2D eigenvalue weighted by molar-refractivity contribution is 0.0952. The lowest BCUT2D eigenvalue weighted by atomic mass is 10.1. The van der Waals surface area contributed by atoms with Crippen LogP contribution in [0.1, 0.15) is 15.9 Å². The number of pyridine rings is 2. The summed E-state index contributed by atoms with van der Waals surface area (Å²) in [6.45, 7) is 0.249. The number of carbonyl (C=O) groups is 1. The molecule has 1 aromatic carbocycles. The van der Waals surface area contributed by atoms with Crippen molar-refractivity contribution in [3.63, 3.8) is 0 Å². The zero-order valence-corrected chi connectivity index (χ0v) is 14.0. The molecule has 3 heterocycles. The van der Waals surface area contributed by atoms with Crippen molar-refractivity contribution < 1.29 is 9.18 Å². The van der Waals surface area contributed by atoms with E-state index in [-0.39, 0.29) is 17.6 Å². The molecule has 0 spiro atoms. The third kappa shape index (κ3) is 3.45. The van der Waals surface area contributed by atoms with Crippen molar-refractivity contribution in [1.29, 1.82) is 0 Å². The second kappa shape index (κ2) is 6.83. The SMILES string of the molecule is O=C(NCc1ccnc(-n2ccnc2)c1)c1cc(=O)[nH]c2cc(F)ccc12. The number of fused-ring (bicyclic) bond motifs is 1. The van der Waals surface area contributed by atoms with Gasteiger partial charge in [0.2, 0.25) is 5.56 Å². The monoisotopic (exact) mass is 363 g/mol. The highest BCUT2D eigenvalue weighted by molar-refractivity contribution is 6.05. The molecular formula is C19H14FN5O2. The van der Waals surface area contributed by atoms with Crippen molar-refractivity contribution in [1.82, 2.24) is 24.8 Å². The summed E-state index contributed by atoms with van der Waals surface area (Å²) in [5.74, 6) is -0.227. The van der Waals surface area contributed by atoms with Crippen molar-refractivity contribution in [3.05, 3.63) is 88.6 Å². The van der Waals surface area contributed by atoms with E-state index in [9.17, 15) is 14.0 Å². The Morgan fingerprint density at radius 3 is 2.89 bits per heavy atom. The number of nitrogens with zero attached hydrogens (tertiary/aromatic N) is 3. The van der Waals surface area contributed by atoms with Crippen LogP contribution in [0, 0.1) is 5.82 Å². The summed E-state index contributed by atoms with van der Waals surface area (Å²) in [5, 5.41) is 3.26. The standard InChI is InChI=1S/C19H14FN5O2/c20-13-1-2-14-15(9-18(26)24-16(14)8-13)19(27)23-10-12-3-4-22-17(7-12)25-6-5-21-11-25/h1-9,11H,10H2,(H,23,27)(H,24,26). The highest BCUT2D eigenvalue weighted by Gasteiger charge is 2.12. The van der Waals surface area contributed by atoms with E-state index >= 15 is 0 Å². The lowest BCUT2D eigenvalue weighted by Crippen LogP contribution is -2.25. The number of amides is 1. The van der Waals surface area contributed by atoms with Crippen molar-refractivity contribution in [2.75, 3.05) is 0 Å². The van der Waals surface area contributed by atoms with E-state index in [1.54, 1.807) is 35.6 Å². The minimum Gasteiger partial charge on any atom is -0.348 e. The maximum atomic E-state index is 13.4. The first-order valence-electron chi connectivity index (χ1n) is 8.14. The molecular weight excluding hydrogens is 349 g/mol. The summed E-state index contributed by atoms with van der Waals surface area (Å²) in [7, 11) is 0. The summed E-state index contributed by atoms with van der Waals surface area (Å²) in [6, 6.07) is 8.73. The number of nitrogens with one attached hydrogen (secondary N) is 2. The third-order valence-electron chi connectivity index (χ3n) is 4.08. The molecule has 1 amide bonds. The number of imidazole rings is 1. The molecule has 8 heteroatoms. The van der Waals surface area contributed by atoms with Gasteiger partial charge >= 0.3 is 0 Å². The Kier molecular flexibility index (Phi) is 4.21. The van der Waals surface area contributed by atoms with Crippen LogP contribution in [0.2, 0.25) is 0 Å². The molecule has 0 radical (unpaired) electrons. The molecule has 0 fully saturated rings. The maximum absolute atomic E-state index is 13.4. The van der Waals surface area contributed by atoms with Gasteiger partial charge in [-0.25, -0.2) is 14.4 Å². The Morgan fingerprint density at radius 1 is 1.19 bits per heavy atom. The quantitative estimate of drug-likeness (QED) is 0.581. The average molecular weight is 363 g/mol. The minimum atomic E-state index is -0.487. The van der Waals surface area contributed by atoms with Crippen LogP contribution in [0.3, 0.4) is 0 Å². The van der Waals surface area contributed by atoms with E-state index in [0.29, 0.717) is 11.2 Å². The largest absolute Gasteiger partial charge is 0.348 e. The first kappa shape index (κ1) is 16.6. The van der Waals surface area contributed by atoms with Crippen molar-refractivity contribution in [3.8, 4) is 5.82 Å². The van der Waals surface area contributed by atoms with Gasteiger partial charge in [0.15, 0.2) is 0 Å². The molecule has 3 aromatic heterocycles. The van der Waals surface area contributed by atoms with Gasteiger partial charge in [0.1, 0.15) is 18.0 Å². The van der Waals surface area contributed by atoms with Gasteiger partial charge < -0.3 is 10.3 Å². The summed E-state index contributed by atoms with van der Waals surface area (Å²) < 4.78 is 15.1. The summed E-state index contributed by atoms with van der Waals surface area (Å²) in [4.78, 5) is 35.2. The van der Waals surface area contributed by atoms with Crippen LogP contribution in [-0.2, 0) is 6.54 Å². The molecule has 0 unspecified atom stereocenters. The number of rotatable bonds is 4. The smallest absolute Gasteiger partial charge is 0.252 e. The first-order valence-corrected chi connectivity index (χ1v) is 8.14. The molecule has 134 valence electrons. The minimum absolute atomic E-state index is 0.192. The maximum Gasteiger partial charge on any atom is 0.252 e. The van der Waals surface area contributed by atoms with Crippen LogP contribution in [0.25, 0.3) is 16.7 Å². The second-order valence-corrected chi connectivity index (χ2v) is 5.91. The molecule has 0 saturated heterocycles. The number of hydrogen-bond acceptors (Lipinski definition) is 4.